The second-order valence-corrected chi connectivity index (χ2v) is 50.8. The van der Waals surface area contributed by atoms with Crippen molar-refractivity contribution < 1.29 is 41.2 Å². The van der Waals surface area contributed by atoms with Crippen LogP contribution in [0.3, 0.4) is 0 Å². The molecule has 0 saturated heterocycles. The third-order valence-electron chi connectivity index (χ3n) is 6.14. The molecule has 0 unspecified atom stereocenters. The summed E-state index contributed by atoms with van der Waals surface area (Å²) in [4.78, 5) is 0. The molecule has 0 bridgehead atoms. The summed E-state index contributed by atoms with van der Waals surface area (Å²) in [5.41, 5.74) is 0. The minimum absolute atomic E-state index is 0.313. The smallest absolute Gasteiger partial charge is 0.420 e. The van der Waals surface area contributed by atoms with Crippen LogP contribution in [0.1, 0.15) is 12.8 Å². The van der Waals surface area contributed by atoms with Gasteiger partial charge in [0.25, 0.3) is 0 Å². The van der Waals surface area contributed by atoms with E-state index in [9.17, 15) is 0 Å². The largest absolute Gasteiger partial charge is 0.636 e. The normalized spacial score (nSPS) is 18.5. The monoisotopic (exact) mass is 932 g/mol. The summed E-state index contributed by atoms with van der Waals surface area (Å²) < 4.78 is 136. The predicted octanol–water partition coefficient (Wildman–Crippen LogP) is 6.52. The van der Waals surface area contributed by atoms with Gasteiger partial charge in [-0.3, -0.25) is 0 Å². The highest BCUT2D eigenvalue weighted by Gasteiger charge is 2.54. The topological polar surface area (TPSA) is 92.3 Å². The van der Waals surface area contributed by atoms with E-state index in [0.29, 0.717) is 37.0 Å². The van der Waals surface area contributed by atoms with Crippen molar-refractivity contribution in [3.8, 4) is 0 Å². The van der Waals surface area contributed by atoms with Gasteiger partial charge < -0.3 is 41.2 Å². The first-order valence-corrected chi connectivity index (χ1v) is 48.5. The molecular formula is C26H80O10Si13. The Morgan fingerprint density at radius 3 is 0.735 bits per heavy atom. The average molecular weight is 934 g/mol. The molecule has 0 aliphatic rings. The van der Waals surface area contributed by atoms with E-state index in [1.54, 1.807) is 105 Å². The molecule has 23 heteroatoms. The molecule has 0 aromatic carbocycles. The van der Waals surface area contributed by atoms with Crippen LogP contribution in [0.15, 0.2) is 0 Å². The summed E-state index contributed by atoms with van der Waals surface area (Å²) >= 11 is 0. The fourth-order valence-corrected chi connectivity index (χ4v) is 43.3. The summed E-state index contributed by atoms with van der Waals surface area (Å²) in [5.74, 6) is 0. The zero-order chi connectivity index (χ0) is 45.8. The van der Waals surface area contributed by atoms with E-state index in [1.807, 2.05) is 26.2 Å². The average Bonchev–Trinajstić information content (AvgIpc) is 2.72. The Morgan fingerprint density at radius 2 is 0.551 bits per heavy atom. The number of hydrogen-bond donors (Lipinski definition) is 0. The van der Waals surface area contributed by atoms with Crippen LogP contribution in [0.5, 0.6) is 0 Å². The van der Waals surface area contributed by atoms with Crippen LogP contribution in [0.2, 0.25) is 155 Å². The standard InChI is InChI=1S/C26H80O10Si13/c1-37(2)27-47(28-38(3)4,29-39(5)6)25-21-23-45(17,18)35-49(33-43(13)14,34-44(15)16)36-46(19,20)24-22-26-48(30-40(7)8,31-41(9)10)32-42(11)12/h37-44H,21-26H2,1-20H3/i37T,38T,39T,40T,41T,42T,43T,44T. The SMILES string of the molecule is [3H][Si](C)(C)O[Si](CCC[Si](C)(C)O[Si](O[Si]([3H])(C)C)(O[Si]([3H])(C)C)O[Si](C)(C)CCC[Si](O[Si]([3H])(C)C)(O[Si]([3H])(C)C)O[Si]([3H])(C)C)(O[Si]([3H])(C)C)O[Si]([3H])(C)C. The van der Waals surface area contributed by atoms with E-state index < -0.39 is 115 Å². The molecule has 10 nitrogen and oxygen atoms in total. The molecule has 0 radical (unpaired) electrons. The lowest BCUT2D eigenvalue weighted by atomic mass is 10.6. The molecule has 0 amide bonds. The highest BCUT2D eigenvalue weighted by atomic mass is 28.5. The third kappa shape index (κ3) is 23.8. The summed E-state index contributed by atoms with van der Waals surface area (Å²) in [7, 11) is -41.2. The highest BCUT2D eigenvalue weighted by Crippen LogP contribution is 2.33. The van der Waals surface area contributed by atoms with Crippen molar-refractivity contribution in [2.24, 2.45) is 0 Å². The van der Waals surface area contributed by atoms with E-state index >= 15 is 0 Å². The Balaban J connectivity index is 6.88. The van der Waals surface area contributed by atoms with Crippen molar-refractivity contribution in [2.75, 3.05) is 0 Å². The molecule has 0 spiro atoms. The van der Waals surface area contributed by atoms with Crippen molar-refractivity contribution in [3.05, 3.63) is 0 Å². The van der Waals surface area contributed by atoms with Crippen molar-refractivity contribution in [3.63, 3.8) is 0 Å². The quantitative estimate of drug-likeness (QED) is 0.0809. The highest BCUT2D eigenvalue weighted by molar-refractivity contribution is 6.88. The molecule has 0 aliphatic carbocycles. The Kier molecular flexibility index (Phi) is 18.4. The Hall–Kier alpha value is 2.42. The van der Waals surface area contributed by atoms with Crippen molar-refractivity contribution in [2.45, 2.75) is 168 Å². The van der Waals surface area contributed by atoms with Crippen LogP contribution < -0.4 is 0 Å². The van der Waals surface area contributed by atoms with Gasteiger partial charge in [0.15, 0.2) is 88.4 Å². The second kappa shape index (κ2) is 23.5. The lowest BCUT2D eigenvalue weighted by molar-refractivity contribution is 0.154. The summed E-state index contributed by atoms with van der Waals surface area (Å²) in [5, 5.41) is 0. The van der Waals surface area contributed by atoms with Crippen LogP contribution in [-0.2, 0) is 41.2 Å². The molecule has 0 rings (SSSR count). The van der Waals surface area contributed by atoms with Gasteiger partial charge in [0.05, 0.1) is 0 Å². The maximum absolute atomic E-state index is 8.98. The van der Waals surface area contributed by atoms with E-state index in [1.165, 1.54) is 0 Å². The van der Waals surface area contributed by atoms with Gasteiger partial charge in [-0.1, -0.05) is 0 Å². The van der Waals surface area contributed by atoms with E-state index in [2.05, 4.69) is 0 Å². The van der Waals surface area contributed by atoms with Gasteiger partial charge in [-0.25, -0.2) is 0 Å². The van der Waals surface area contributed by atoms with Crippen LogP contribution in [0, 0.1) is 0 Å². The van der Waals surface area contributed by atoms with E-state index in [4.69, 9.17) is 51.0 Å². The second-order valence-electron chi connectivity index (χ2n) is 15.4. The predicted molar refractivity (Wildman–Crippen MR) is 243 cm³/mol. The van der Waals surface area contributed by atoms with Gasteiger partial charge >= 0.3 is 26.7 Å². The summed E-state index contributed by atoms with van der Waals surface area (Å²) in [6.45, 7) is 35.8. The van der Waals surface area contributed by atoms with E-state index in [-0.39, 0.29) is 0 Å². The molecule has 0 atom stereocenters. The van der Waals surface area contributed by atoms with Crippen molar-refractivity contribution >= 4 is 115 Å². The molecule has 0 fully saturated rings. The lowest BCUT2D eigenvalue weighted by Crippen LogP contribution is -2.63. The third-order valence-corrected chi connectivity index (χ3v) is 40.1. The first-order chi connectivity index (χ1) is 24.5. The Morgan fingerprint density at radius 1 is 0.347 bits per heavy atom. The van der Waals surface area contributed by atoms with Crippen LogP contribution in [0.4, 0.5) is 0 Å². The fourth-order valence-electron chi connectivity index (χ4n) is 5.16. The van der Waals surface area contributed by atoms with Crippen molar-refractivity contribution in [1.82, 2.24) is 0 Å². The summed E-state index contributed by atoms with van der Waals surface area (Å²) in [6.07, 6.45) is 1.01. The molecule has 0 saturated carbocycles. The molecule has 296 valence electrons. The first kappa shape index (κ1) is 38.3. The summed E-state index contributed by atoms with van der Waals surface area (Å²) in [6, 6.07) is 1.70. The molecule has 0 aromatic heterocycles. The lowest BCUT2D eigenvalue weighted by Gasteiger charge is -2.42. The van der Waals surface area contributed by atoms with Gasteiger partial charge in [0, 0.05) is 22.0 Å². The van der Waals surface area contributed by atoms with Crippen LogP contribution >= 0.6 is 0 Å². The minimum atomic E-state index is -4.19. The Bertz CT molecular complexity index is 1070. The van der Waals surface area contributed by atoms with Gasteiger partial charge in [-0.15, -0.1) is 0 Å². The fraction of sp³-hybridized carbons (Fsp3) is 1.00. The van der Waals surface area contributed by atoms with Crippen LogP contribution in [-0.4, -0.2) is 125 Å². The van der Waals surface area contributed by atoms with Gasteiger partial charge in [0.2, 0.25) is 0 Å². The molecule has 0 heterocycles. The Labute approximate surface area is 332 Å². The zero-order valence-electron chi connectivity index (χ0n) is 42.8. The number of rotatable bonds is 28. The van der Waals surface area contributed by atoms with Gasteiger partial charge in [0.1, 0.15) is 0 Å². The van der Waals surface area contributed by atoms with Crippen LogP contribution in [0.25, 0.3) is 0 Å². The number of hydrogen-bond acceptors (Lipinski definition) is 10. The molecular weight excluding hydrogens is 837 g/mol. The van der Waals surface area contributed by atoms with Crippen molar-refractivity contribution in [1.29, 1.82) is 9.88 Å². The maximum atomic E-state index is 8.98. The van der Waals surface area contributed by atoms with E-state index in [0.717, 1.165) is 0 Å². The minimum Gasteiger partial charge on any atom is -0.420 e. The first-order valence-electron chi connectivity index (χ1n) is 21.5. The zero-order valence-corrected chi connectivity index (χ0v) is 47.8. The van der Waals surface area contributed by atoms with Gasteiger partial charge in [-0.2, -0.15) is 0 Å². The molecule has 0 aliphatic heterocycles. The van der Waals surface area contributed by atoms with Gasteiger partial charge in [-0.05, 0) is 156 Å². The maximum Gasteiger partial charge on any atom is 0.636 e. The molecule has 49 heavy (non-hydrogen) atoms. The molecule has 0 N–H and O–H groups in total. The molecule has 0 aromatic rings.